The first kappa shape index (κ1) is 23.1. The topological polar surface area (TPSA) is 194 Å². The summed E-state index contributed by atoms with van der Waals surface area (Å²) in [6, 6.07) is 10.5. The number of hydrogen-bond acceptors (Lipinski definition) is 13. The molecular formula is C21H17N9O5S. The van der Waals surface area contributed by atoms with Gasteiger partial charge in [0.1, 0.15) is 11.5 Å². The molecule has 1 aromatic carbocycles. The first-order chi connectivity index (χ1) is 17.4. The fraction of sp³-hybridized carbons (Fsp3) is 0.190. The van der Waals surface area contributed by atoms with Crippen LogP contribution in [0.5, 0.6) is 0 Å². The predicted octanol–water partition coefficient (Wildman–Crippen LogP) is 2.95. The van der Waals surface area contributed by atoms with Gasteiger partial charge in [-0.2, -0.15) is 4.68 Å². The molecule has 0 spiro atoms. The molecule has 36 heavy (non-hydrogen) atoms. The van der Waals surface area contributed by atoms with Crippen molar-refractivity contribution in [1.29, 1.82) is 0 Å². The average molecular weight is 507 g/mol. The van der Waals surface area contributed by atoms with Crippen molar-refractivity contribution >= 4 is 45.7 Å². The Morgan fingerprint density at radius 1 is 1.28 bits per heavy atom. The summed E-state index contributed by atoms with van der Waals surface area (Å²) in [7, 11) is 0. The fourth-order valence-electron chi connectivity index (χ4n) is 3.46. The Hall–Kier alpha value is -4.66. The smallest absolute Gasteiger partial charge is 0.399 e. The van der Waals surface area contributed by atoms with Crippen LogP contribution in [0.2, 0.25) is 0 Å². The van der Waals surface area contributed by atoms with Crippen LogP contribution >= 0.6 is 11.8 Å². The number of nitrogens with two attached hydrogens (primary N) is 1. The molecule has 0 saturated carbocycles. The maximum absolute atomic E-state index is 13.1. The maximum Gasteiger partial charge on any atom is 0.433 e. The molecular weight excluding hydrogens is 490 g/mol. The van der Waals surface area contributed by atoms with E-state index in [1.165, 1.54) is 28.6 Å². The summed E-state index contributed by atoms with van der Waals surface area (Å²) in [5, 5.41) is 27.1. The van der Waals surface area contributed by atoms with E-state index in [0.29, 0.717) is 23.6 Å². The number of nitrogens with zero attached hydrogens (tertiary/aromatic N) is 8. The van der Waals surface area contributed by atoms with Crippen molar-refractivity contribution in [2.24, 2.45) is 9.98 Å². The number of anilines is 1. The zero-order valence-corrected chi connectivity index (χ0v) is 19.5. The van der Waals surface area contributed by atoms with Crippen molar-refractivity contribution in [3.8, 4) is 5.82 Å². The fourth-order valence-corrected chi connectivity index (χ4v) is 4.44. The predicted molar refractivity (Wildman–Crippen MR) is 129 cm³/mol. The maximum atomic E-state index is 13.1. The van der Waals surface area contributed by atoms with Gasteiger partial charge >= 0.3 is 5.88 Å². The summed E-state index contributed by atoms with van der Waals surface area (Å²) < 4.78 is 11.1. The van der Waals surface area contributed by atoms with Crippen LogP contribution in [-0.4, -0.2) is 53.3 Å². The zero-order chi connectivity index (χ0) is 25.2. The van der Waals surface area contributed by atoms with E-state index in [2.05, 4.69) is 35.2 Å². The first-order valence-corrected chi connectivity index (χ1v) is 11.5. The Bertz CT molecular complexity index is 1530. The summed E-state index contributed by atoms with van der Waals surface area (Å²) in [6.45, 7) is 1.30. The Balaban J connectivity index is 1.38. The second kappa shape index (κ2) is 9.53. The highest BCUT2D eigenvalue weighted by Crippen LogP contribution is 2.32. The van der Waals surface area contributed by atoms with Crippen LogP contribution in [0.15, 0.2) is 55.4 Å². The number of benzene rings is 1. The lowest BCUT2D eigenvalue weighted by molar-refractivity contribution is -0.402. The van der Waals surface area contributed by atoms with E-state index in [9.17, 15) is 14.9 Å². The molecule has 4 heterocycles. The molecule has 5 rings (SSSR count). The lowest BCUT2D eigenvalue weighted by Gasteiger charge is -2.05. The van der Waals surface area contributed by atoms with Crippen molar-refractivity contribution in [3.63, 3.8) is 0 Å². The van der Waals surface area contributed by atoms with Crippen molar-refractivity contribution in [1.82, 2.24) is 25.3 Å². The SMILES string of the molecule is CC(=NCC(=O)c1nnn(-c2nonc2N)c1CSC1=Nc2ccccc2C1)c1ccc([N+](=O)[O-])o1. The number of carbonyl (C=O) groups excluding carboxylic acids is 1. The minimum absolute atomic E-state index is 0.0101. The number of thioether (sulfide) groups is 1. The van der Waals surface area contributed by atoms with E-state index in [-0.39, 0.29) is 29.6 Å². The highest BCUT2D eigenvalue weighted by Gasteiger charge is 2.25. The third kappa shape index (κ3) is 4.50. The standard InChI is InChI=1S/C21H17N9O5S/c1-11(16-6-7-18(34-16)30(32)33)23-9-15(31)19-14(29(28-25-19)21-20(22)26-35-27-21)10-36-17-8-12-4-2-3-5-13(12)24-17/h2-7H,8-10H2,1H3,(H2,22,26). The summed E-state index contributed by atoms with van der Waals surface area (Å²) >= 11 is 1.44. The van der Waals surface area contributed by atoms with Crippen molar-refractivity contribution < 1.29 is 18.8 Å². The molecule has 0 atom stereocenters. The Morgan fingerprint density at radius 2 is 2.11 bits per heavy atom. The molecule has 0 bridgehead atoms. The number of para-hydroxylation sites is 1. The van der Waals surface area contributed by atoms with Gasteiger partial charge in [-0.1, -0.05) is 23.4 Å². The van der Waals surface area contributed by atoms with Crippen LogP contribution in [0.4, 0.5) is 17.4 Å². The number of ketones is 1. The van der Waals surface area contributed by atoms with E-state index in [1.54, 1.807) is 6.92 Å². The number of hydrogen-bond donors (Lipinski definition) is 1. The molecule has 182 valence electrons. The average Bonchev–Trinajstić information content (AvgIpc) is 3.66. The summed E-state index contributed by atoms with van der Waals surface area (Å²) in [5.41, 5.74) is 8.69. The van der Waals surface area contributed by atoms with Gasteiger partial charge in [0.05, 0.1) is 28.2 Å². The summed E-state index contributed by atoms with van der Waals surface area (Å²) in [4.78, 5) is 32.1. The Kier molecular flexibility index (Phi) is 6.12. The first-order valence-electron chi connectivity index (χ1n) is 10.5. The summed E-state index contributed by atoms with van der Waals surface area (Å²) in [5.74, 6) is -0.261. The number of nitrogen functional groups attached to an aromatic ring is 1. The number of rotatable bonds is 8. The van der Waals surface area contributed by atoms with Gasteiger partial charge in [-0.3, -0.25) is 19.9 Å². The third-order valence-corrected chi connectivity index (χ3v) is 6.25. The molecule has 0 unspecified atom stereocenters. The lowest BCUT2D eigenvalue weighted by atomic mass is 10.2. The van der Waals surface area contributed by atoms with Gasteiger partial charge in [0.2, 0.25) is 17.4 Å². The molecule has 0 saturated heterocycles. The van der Waals surface area contributed by atoms with E-state index in [4.69, 9.17) is 10.2 Å². The van der Waals surface area contributed by atoms with Gasteiger partial charge in [-0.05, 0) is 34.9 Å². The Morgan fingerprint density at radius 3 is 2.83 bits per heavy atom. The molecule has 1 aliphatic heterocycles. The molecule has 14 nitrogen and oxygen atoms in total. The largest absolute Gasteiger partial charge is 0.433 e. The van der Waals surface area contributed by atoms with E-state index >= 15 is 0 Å². The molecule has 0 fully saturated rings. The van der Waals surface area contributed by atoms with Crippen LogP contribution in [-0.2, 0) is 12.2 Å². The van der Waals surface area contributed by atoms with Crippen molar-refractivity contribution in [3.05, 3.63) is 69.2 Å². The number of Topliss-reactive ketones (excluding diaryl/α,β-unsaturated/α-hetero) is 1. The van der Waals surface area contributed by atoms with Crippen LogP contribution in [0.1, 0.15) is 34.4 Å². The third-order valence-electron chi connectivity index (χ3n) is 5.27. The van der Waals surface area contributed by atoms with E-state index in [0.717, 1.165) is 16.3 Å². The quantitative estimate of drug-likeness (QED) is 0.159. The van der Waals surface area contributed by atoms with Gasteiger partial charge in [0, 0.05) is 12.2 Å². The van der Waals surface area contributed by atoms with Crippen LogP contribution in [0.25, 0.3) is 5.82 Å². The number of aliphatic imine (C=N–C) groups is 2. The normalized spacial score (nSPS) is 13.0. The van der Waals surface area contributed by atoms with E-state index in [1.807, 2.05) is 24.3 Å². The van der Waals surface area contributed by atoms with Crippen LogP contribution in [0, 0.1) is 10.1 Å². The highest BCUT2D eigenvalue weighted by molar-refractivity contribution is 8.13. The molecule has 1 aliphatic rings. The molecule has 3 aromatic heterocycles. The summed E-state index contributed by atoms with van der Waals surface area (Å²) in [6.07, 6.45) is 0.679. The second-order valence-corrected chi connectivity index (χ2v) is 8.64. The zero-order valence-electron chi connectivity index (χ0n) is 18.7. The Labute approximate surface area is 206 Å². The van der Waals surface area contributed by atoms with Gasteiger partial charge in [0.25, 0.3) is 0 Å². The second-order valence-electron chi connectivity index (χ2n) is 7.59. The number of nitro groups is 1. The number of carbonyl (C=O) groups is 1. The minimum Gasteiger partial charge on any atom is -0.399 e. The van der Waals surface area contributed by atoms with Gasteiger partial charge in [0.15, 0.2) is 11.5 Å². The van der Waals surface area contributed by atoms with Crippen LogP contribution < -0.4 is 5.73 Å². The molecule has 0 amide bonds. The molecule has 15 heteroatoms. The molecule has 0 aliphatic carbocycles. The molecule has 0 radical (unpaired) electrons. The lowest BCUT2D eigenvalue weighted by Crippen LogP contribution is -2.12. The molecule has 2 N–H and O–H groups in total. The van der Waals surface area contributed by atoms with Gasteiger partial charge in [-0.15, -0.1) is 16.9 Å². The number of furan rings is 1. The highest BCUT2D eigenvalue weighted by atomic mass is 32.2. The van der Waals surface area contributed by atoms with Gasteiger partial charge < -0.3 is 10.2 Å². The number of aromatic nitrogens is 5. The molecule has 4 aromatic rings. The van der Waals surface area contributed by atoms with Crippen molar-refractivity contribution in [2.75, 3.05) is 12.3 Å². The van der Waals surface area contributed by atoms with Crippen molar-refractivity contribution in [2.45, 2.75) is 19.1 Å². The van der Waals surface area contributed by atoms with Crippen LogP contribution in [0.3, 0.4) is 0 Å². The monoisotopic (exact) mass is 507 g/mol. The minimum atomic E-state index is -0.651. The van der Waals surface area contributed by atoms with E-state index < -0.39 is 16.6 Å². The van der Waals surface area contributed by atoms with Gasteiger partial charge in [-0.25, -0.2) is 9.62 Å². The number of fused-ring (bicyclic) bond motifs is 1.